The number of aromatic nitrogens is 4. The van der Waals surface area contributed by atoms with E-state index >= 15 is 0 Å². The molecular weight excluding hydrogens is 459 g/mol. The number of rotatable bonds is 6. The van der Waals surface area contributed by atoms with Crippen molar-refractivity contribution in [3.63, 3.8) is 0 Å². The Hall–Kier alpha value is -4.39. The van der Waals surface area contributed by atoms with E-state index in [2.05, 4.69) is 9.94 Å². The van der Waals surface area contributed by atoms with Gasteiger partial charge in [0.15, 0.2) is 11.5 Å². The second-order valence-electron chi connectivity index (χ2n) is 7.83. The van der Waals surface area contributed by atoms with Gasteiger partial charge >= 0.3 is 11.9 Å². The highest BCUT2D eigenvalue weighted by molar-refractivity contribution is 5.79. The number of nitrogens with zero attached hydrogens (tertiary/aromatic N) is 5. The van der Waals surface area contributed by atoms with Crippen LogP contribution in [0.5, 0.6) is 0 Å². The summed E-state index contributed by atoms with van der Waals surface area (Å²) in [5, 5.41) is 4.34. The van der Waals surface area contributed by atoms with E-state index in [1.54, 1.807) is 48.9 Å². The van der Waals surface area contributed by atoms with Crippen LogP contribution in [0, 0.1) is 13.5 Å². The molecule has 0 atom stereocenters. The molecule has 0 aliphatic rings. The maximum Gasteiger partial charge on any atom is 0.416 e. The predicted molar refractivity (Wildman–Crippen MR) is 124 cm³/mol. The summed E-state index contributed by atoms with van der Waals surface area (Å²) in [6, 6.07) is 12.8. The largest absolute Gasteiger partial charge is 0.416 e. The molecule has 0 bridgehead atoms. The Morgan fingerprint density at radius 1 is 1.09 bits per heavy atom. The lowest BCUT2D eigenvalue weighted by atomic mass is 10.2. The van der Waals surface area contributed by atoms with E-state index in [4.69, 9.17) is 6.57 Å². The highest BCUT2D eigenvalue weighted by atomic mass is 19.4. The summed E-state index contributed by atoms with van der Waals surface area (Å²) >= 11 is 0. The molecule has 0 saturated carbocycles. The summed E-state index contributed by atoms with van der Waals surface area (Å²) in [5.41, 5.74) is 0.784. The summed E-state index contributed by atoms with van der Waals surface area (Å²) in [7, 11) is 0. The average molecular weight is 479 g/mol. The first-order chi connectivity index (χ1) is 16.7. The number of halogens is 3. The van der Waals surface area contributed by atoms with Crippen molar-refractivity contribution in [3.8, 4) is 22.8 Å². The molecule has 0 unspecified atom stereocenters. The van der Waals surface area contributed by atoms with E-state index in [1.807, 2.05) is 0 Å². The first-order valence-electron chi connectivity index (χ1n) is 10.7. The fraction of sp³-hybridized carbons (Fsp3) is 0.200. The summed E-state index contributed by atoms with van der Waals surface area (Å²) in [6.07, 6.45) is -2.86. The van der Waals surface area contributed by atoms with Crippen LogP contribution in [-0.2, 0) is 17.5 Å². The molecule has 0 radical (unpaired) electrons. The minimum atomic E-state index is -4.58. The number of alkyl halides is 3. The molecule has 35 heavy (non-hydrogen) atoms. The van der Waals surface area contributed by atoms with E-state index in [9.17, 15) is 22.8 Å². The van der Waals surface area contributed by atoms with Crippen LogP contribution in [0.25, 0.3) is 27.6 Å². The Balaban J connectivity index is 1.96. The number of benzene rings is 2. The molecule has 0 amide bonds. The van der Waals surface area contributed by atoms with E-state index in [1.165, 1.54) is 27.5 Å². The lowest BCUT2D eigenvalue weighted by molar-refractivity contribution is -0.137. The lowest BCUT2D eigenvalue weighted by Gasteiger charge is -2.12. The Labute approximate surface area is 198 Å². The Kier molecular flexibility index (Phi) is 6.18. The third kappa shape index (κ3) is 4.40. The quantitative estimate of drug-likeness (QED) is 0.350. The zero-order chi connectivity index (χ0) is 25.3. The number of carbonyl (C=O) groups excluding carboxylic acids is 1. The van der Waals surface area contributed by atoms with E-state index in [0.29, 0.717) is 28.5 Å². The van der Waals surface area contributed by atoms with Gasteiger partial charge in [0.2, 0.25) is 0 Å². The van der Waals surface area contributed by atoms with Gasteiger partial charge in [0.25, 0.3) is 0 Å². The maximum atomic E-state index is 13.5. The third-order valence-electron chi connectivity index (χ3n) is 5.64. The number of ketones is 1. The second kappa shape index (κ2) is 9.10. The van der Waals surface area contributed by atoms with Crippen molar-refractivity contribution < 1.29 is 18.0 Å². The molecule has 2 aromatic carbocycles. The van der Waals surface area contributed by atoms with Gasteiger partial charge in [0, 0.05) is 6.42 Å². The Morgan fingerprint density at radius 3 is 2.43 bits per heavy atom. The molecule has 0 fully saturated rings. The molecule has 0 aliphatic heterocycles. The van der Waals surface area contributed by atoms with Crippen molar-refractivity contribution in [2.75, 3.05) is 0 Å². The average Bonchev–Trinajstić information content (AvgIpc) is 3.41. The number of Topliss-reactive ketones (excluding diaryl/α,β-unsaturated/α-hetero) is 1. The summed E-state index contributed by atoms with van der Waals surface area (Å²) < 4.78 is 44.0. The fourth-order valence-corrected chi connectivity index (χ4v) is 3.90. The molecule has 0 saturated heterocycles. The topological polar surface area (TPSA) is 66.2 Å². The molecule has 10 heteroatoms. The Bertz CT molecular complexity index is 1500. The van der Waals surface area contributed by atoms with Crippen LogP contribution in [0.15, 0.2) is 65.6 Å². The Morgan fingerprint density at radius 2 is 1.80 bits per heavy atom. The van der Waals surface area contributed by atoms with Gasteiger partial charge in [-0.05, 0) is 43.3 Å². The van der Waals surface area contributed by atoms with Gasteiger partial charge in [-0.3, -0.25) is 13.9 Å². The fourth-order valence-electron chi connectivity index (χ4n) is 3.90. The summed E-state index contributed by atoms with van der Waals surface area (Å²) in [6.45, 7) is 10.2. The normalized spacial score (nSPS) is 11.4. The lowest BCUT2D eigenvalue weighted by Crippen LogP contribution is -2.27. The van der Waals surface area contributed by atoms with Crippen molar-refractivity contribution in [2.45, 2.75) is 33.0 Å². The molecule has 4 rings (SSSR count). The van der Waals surface area contributed by atoms with Crippen LogP contribution in [0.4, 0.5) is 18.9 Å². The van der Waals surface area contributed by atoms with Crippen LogP contribution in [0.1, 0.15) is 24.6 Å². The van der Waals surface area contributed by atoms with Crippen LogP contribution >= 0.6 is 0 Å². The molecule has 4 aromatic rings. The zero-order valence-corrected chi connectivity index (χ0v) is 18.9. The molecular formula is C25H20F3N5O2. The van der Waals surface area contributed by atoms with Crippen LogP contribution in [-0.4, -0.2) is 24.7 Å². The molecule has 0 aliphatic carbocycles. The first-order valence-corrected chi connectivity index (χ1v) is 10.7. The summed E-state index contributed by atoms with van der Waals surface area (Å²) in [5.74, 6) is -0.206. The monoisotopic (exact) mass is 479 g/mol. The van der Waals surface area contributed by atoms with Crippen molar-refractivity contribution in [3.05, 3.63) is 94.0 Å². The predicted octanol–water partition coefficient (Wildman–Crippen LogP) is 5.35. The molecule has 0 spiro atoms. The minimum absolute atomic E-state index is 0.0405. The summed E-state index contributed by atoms with van der Waals surface area (Å²) in [4.78, 5) is 29.2. The third-order valence-corrected chi connectivity index (χ3v) is 5.64. The van der Waals surface area contributed by atoms with Gasteiger partial charge in [-0.1, -0.05) is 25.1 Å². The van der Waals surface area contributed by atoms with Crippen molar-refractivity contribution in [1.29, 1.82) is 0 Å². The van der Waals surface area contributed by atoms with E-state index in [0.717, 1.165) is 12.1 Å². The number of imidazole rings is 1. The van der Waals surface area contributed by atoms with Gasteiger partial charge < -0.3 is 0 Å². The van der Waals surface area contributed by atoms with Gasteiger partial charge in [0.05, 0.1) is 53.3 Å². The number of carbonyl (C=O) groups is 1. The standard InChI is InChI=1S/C25H20F3N5O2/c1-4-21(34)15-31-23(22-12-13-30-33(22)19-10-8-18(29-3)9-11-19)16(2)32(24(31)35)20-7-5-6-17(14-20)25(26,27)28/h5-14H,4,15H2,1-2H3. The van der Waals surface area contributed by atoms with Gasteiger partial charge in [-0.2, -0.15) is 18.3 Å². The number of hydrogen-bond donors (Lipinski definition) is 0. The van der Waals surface area contributed by atoms with Crippen molar-refractivity contribution >= 4 is 11.5 Å². The van der Waals surface area contributed by atoms with Crippen LogP contribution < -0.4 is 5.69 Å². The van der Waals surface area contributed by atoms with Gasteiger partial charge in [-0.15, -0.1) is 0 Å². The van der Waals surface area contributed by atoms with E-state index < -0.39 is 17.4 Å². The van der Waals surface area contributed by atoms with Crippen LogP contribution in [0.2, 0.25) is 0 Å². The molecule has 178 valence electrons. The zero-order valence-electron chi connectivity index (χ0n) is 18.9. The SMILES string of the molecule is [C-]#[N+]c1ccc(-n2nccc2-c2c(C)n(-c3cccc(C(F)(F)F)c3)c(=O)n2CC(=O)CC)cc1. The molecule has 2 aromatic heterocycles. The molecule has 7 nitrogen and oxygen atoms in total. The highest BCUT2D eigenvalue weighted by Gasteiger charge is 2.31. The van der Waals surface area contributed by atoms with Crippen LogP contribution in [0.3, 0.4) is 0 Å². The molecule has 0 N–H and O–H groups in total. The number of hydrogen-bond acceptors (Lipinski definition) is 3. The first kappa shape index (κ1) is 23.8. The van der Waals surface area contributed by atoms with Crippen molar-refractivity contribution in [2.24, 2.45) is 0 Å². The second-order valence-corrected chi connectivity index (χ2v) is 7.83. The molecule has 2 heterocycles. The highest BCUT2D eigenvalue weighted by Crippen LogP contribution is 2.32. The minimum Gasteiger partial charge on any atom is -0.298 e. The maximum absolute atomic E-state index is 13.5. The van der Waals surface area contributed by atoms with E-state index in [-0.39, 0.29) is 24.4 Å². The van der Waals surface area contributed by atoms with Crippen molar-refractivity contribution in [1.82, 2.24) is 18.9 Å². The van der Waals surface area contributed by atoms with Gasteiger partial charge in [0.1, 0.15) is 0 Å². The smallest absolute Gasteiger partial charge is 0.298 e. The van der Waals surface area contributed by atoms with Gasteiger partial charge in [-0.25, -0.2) is 14.3 Å².